The van der Waals surface area contributed by atoms with Crippen molar-refractivity contribution in [3.8, 4) is 0 Å². The van der Waals surface area contributed by atoms with Crippen LogP contribution in [0.15, 0.2) is 11.3 Å². The molecule has 0 aromatic carbocycles. The molecule has 4 heteroatoms. The highest BCUT2D eigenvalue weighted by molar-refractivity contribution is 6.03. The lowest BCUT2D eigenvalue weighted by molar-refractivity contribution is -0.172. The molecule has 4 nitrogen and oxygen atoms in total. The molecule has 1 heterocycles. The van der Waals surface area contributed by atoms with Gasteiger partial charge in [-0.25, -0.2) is 0 Å². The highest BCUT2D eigenvalue weighted by atomic mass is 16.5. The van der Waals surface area contributed by atoms with Crippen molar-refractivity contribution in [2.45, 2.75) is 26.0 Å². The minimum Gasteiger partial charge on any atom is -0.402 e. The third kappa shape index (κ3) is 1.13. The number of carbonyl (C=O) groups excluding carboxylic acids is 1. The largest absolute Gasteiger partial charge is 0.402 e. The van der Waals surface area contributed by atoms with Crippen LogP contribution < -0.4 is 5.73 Å². The minimum atomic E-state index is -0.628. The van der Waals surface area contributed by atoms with Gasteiger partial charge in [0.15, 0.2) is 5.72 Å². The summed E-state index contributed by atoms with van der Waals surface area (Å²) in [6.07, 6.45) is 0.674. The maximum absolute atomic E-state index is 11.4. The lowest BCUT2D eigenvalue weighted by Crippen LogP contribution is -2.64. The number of likely N-dealkylation sites (tertiary alicyclic amines) is 1. The Morgan fingerprint density at radius 2 is 2.23 bits per heavy atom. The molecule has 2 N–H and O–H groups in total. The summed E-state index contributed by atoms with van der Waals surface area (Å²) < 4.78 is 5.26. The fourth-order valence-corrected chi connectivity index (χ4v) is 1.53. The van der Waals surface area contributed by atoms with E-state index < -0.39 is 5.72 Å². The summed E-state index contributed by atoms with van der Waals surface area (Å²) in [5.41, 5.74) is 6.32. The first-order valence-electron chi connectivity index (χ1n) is 4.31. The van der Waals surface area contributed by atoms with Gasteiger partial charge in [-0.2, -0.15) is 0 Å². The standard InChI is InChI=1S/C9H16N2O2/c1-5-6(10)7-8(12)11(3)9(7,2)13-4/h5,10H2,1-4H3/b7-6-. The molecule has 13 heavy (non-hydrogen) atoms. The van der Waals surface area contributed by atoms with Crippen LogP contribution in [0.4, 0.5) is 0 Å². The van der Waals surface area contributed by atoms with Gasteiger partial charge in [-0.05, 0) is 13.3 Å². The fraction of sp³-hybridized carbons (Fsp3) is 0.667. The highest BCUT2D eigenvalue weighted by Crippen LogP contribution is 2.37. The van der Waals surface area contributed by atoms with Crippen LogP contribution in [0.25, 0.3) is 0 Å². The van der Waals surface area contributed by atoms with Crippen LogP contribution >= 0.6 is 0 Å². The number of ether oxygens (including phenoxy) is 1. The van der Waals surface area contributed by atoms with Crippen molar-refractivity contribution in [3.05, 3.63) is 11.3 Å². The number of hydrogen-bond acceptors (Lipinski definition) is 3. The highest BCUT2D eigenvalue weighted by Gasteiger charge is 2.52. The first kappa shape index (κ1) is 10.1. The Labute approximate surface area is 78.3 Å². The van der Waals surface area contributed by atoms with Crippen LogP contribution in [0, 0.1) is 0 Å². The SMILES string of the molecule is CC/C(N)=C1\C(=O)N(C)C1(C)OC. The number of hydrogen-bond donors (Lipinski definition) is 1. The van der Waals surface area contributed by atoms with Crippen molar-refractivity contribution in [1.29, 1.82) is 0 Å². The maximum Gasteiger partial charge on any atom is 0.258 e. The first-order chi connectivity index (χ1) is 5.99. The molecule has 1 aliphatic rings. The van der Waals surface area contributed by atoms with Gasteiger partial charge in [-0.1, -0.05) is 6.92 Å². The van der Waals surface area contributed by atoms with Gasteiger partial charge in [0.1, 0.15) is 0 Å². The van der Waals surface area contributed by atoms with E-state index in [4.69, 9.17) is 10.5 Å². The Hall–Kier alpha value is -1.03. The smallest absolute Gasteiger partial charge is 0.258 e. The molecular weight excluding hydrogens is 168 g/mol. The molecule has 0 saturated carbocycles. The van der Waals surface area contributed by atoms with Crippen molar-refractivity contribution >= 4 is 5.91 Å². The lowest BCUT2D eigenvalue weighted by atomic mass is 9.89. The summed E-state index contributed by atoms with van der Waals surface area (Å²) in [5, 5.41) is 0. The number of methoxy groups -OCH3 is 1. The zero-order chi connectivity index (χ0) is 10.2. The number of nitrogens with zero attached hydrogens (tertiary/aromatic N) is 1. The average molecular weight is 184 g/mol. The van der Waals surface area contributed by atoms with E-state index in [1.807, 2.05) is 13.8 Å². The number of rotatable bonds is 2. The van der Waals surface area contributed by atoms with Crippen molar-refractivity contribution < 1.29 is 9.53 Å². The molecule has 0 aromatic rings. The molecule has 0 aromatic heterocycles. The minimum absolute atomic E-state index is 0.0382. The summed E-state index contributed by atoms with van der Waals surface area (Å²) >= 11 is 0. The molecule has 1 aliphatic heterocycles. The van der Waals surface area contributed by atoms with E-state index in [1.54, 1.807) is 19.1 Å². The van der Waals surface area contributed by atoms with E-state index in [0.717, 1.165) is 0 Å². The quantitative estimate of drug-likeness (QED) is 0.500. The Bertz CT molecular complexity index is 273. The second kappa shape index (κ2) is 3.03. The van der Waals surface area contributed by atoms with Crippen LogP contribution in [0.1, 0.15) is 20.3 Å². The molecule has 1 saturated heterocycles. The summed E-state index contributed by atoms with van der Waals surface area (Å²) in [5.74, 6) is -0.0382. The van der Waals surface area contributed by atoms with E-state index in [1.165, 1.54) is 0 Å². The molecule has 74 valence electrons. The first-order valence-corrected chi connectivity index (χ1v) is 4.31. The van der Waals surface area contributed by atoms with Gasteiger partial charge in [0.05, 0.1) is 5.57 Å². The van der Waals surface area contributed by atoms with Gasteiger partial charge in [0, 0.05) is 19.9 Å². The summed E-state index contributed by atoms with van der Waals surface area (Å²) in [7, 11) is 3.28. The predicted octanol–water partition coefficient (Wildman–Crippen LogP) is 0.444. The van der Waals surface area contributed by atoms with E-state index in [9.17, 15) is 4.79 Å². The topological polar surface area (TPSA) is 55.6 Å². The number of β-lactam (4-membered cyclic amide) rings is 1. The molecule has 0 radical (unpaired) electrons. The second-order valence-corrected chi connectivity index (χ2v) is 3.30. The molecule has 1 unspecified atom stereocenters. The van der Waals surface area contributed by atoms with Crippen LogP contribution in [0.3, 0.4) is 0 Å². The van der Waals surface area contributed by atoms with E-state index in [2.05, 4.69) is 0 Å². The van der Waals surface area contributed by atoms with E-state index in [-0.39, 0.29) is 5.91 Å². The van der Waals surface area contributed by atoms with Crippen molar-refractivity contribution in [2.24, 2.45) is 5.73 Å². The molecule has 0 spiro atoms. The number of allylic oxidation sites excluding steroid dienone is 1. The lowest BCUT2D eigenvalue weighted by Gasteiger charge is -2.48. The Balaban J connectivity index is 3.06. The zero-order valence-corrected chi connectivity index (χ0v) is 8.55. The second-order valence-electron chi connectivity index (χ2n) is 3.30. The normalized spacial score (nSPS) is 31.7. The Kier molecular flexibility index (Phi) is 2.34. The molecule has 0 aliphatic carbocycles. The van der Waals surface area contributed by atoms with Crippen molar-refractivity contribution in [2.75, 3.05) is 14.2 Å². The monoisotopic (exact) mass is 184 g/mol. The van der Waals surface area contributed by atoms with Gasteiger partial charge < -0.3 is 15.4 Å². The van der Waals surface area contributed by atoms with Gasteiger partial charge in [0.2, 0.25) is 0 Å². The van der Waals surface area contributed by atoms with Crippen LogP contribution in [-0.4, -0.2) is 30.7 Å². The van der Waals surface area contributed by atoms with Gasteiger partial charge in [-0.3, -0.25) is 4.79 Å². The molecule has 1 amide bonds. The molecule has 1 atom stereocenters. The molecular formula is C9H16N2O2. The van der Waals surface area contributed by atoms with Crippen LogP contribution in [0.2, 0.25) is 0 Å². The van der Waals surface area contributed by atoms with Crippen molar-refractivity contribution in [3.63, 3.8) is 0 Å². The van der Waals surface area contributed by atoms with E-state index >= 15 is 0 Å². The molecule has 0 bridgehead atoms. The molecule has 1 rings (SSSR count). The summed E-state index contributed by atoms with van der Waals surface area (Å²) in [6, 6.07) is 0. The summed E-state index contributed by atoms with van der Waals surface area (Å²) in [6.45, 7) is 3.76. The average Bonchev–Trinajstić information content (AvgIpc) is 2.16. The summed E-state index contributed by atoms with van der Waals surface area (Å²) in [4.78, 5) is 13.0. The Morgan fingerprint density at radius 1 is 1.69 bits per heavy atom. The number of amides is 1. The maximum atomic E-state index is 11.4. The molecule has 1 fully saturated rings. The number of nitrogens with two attached hydrogens (primary N) is 1. The zero-order valence-electron chi connectivity index (χ0n) is 8.55. The number of carbonyl (C=O) groups is 1. The third-order valence-electron chi connectivity index (χ3n) is 2.72. The van der Waals surface area contributed by atoms with Gasteiger partial charge in [0.25, 0.3) is 5.91 Å². The van der Waals surface area contributed by atoms with Gasteiger partial charge >= 0.3 is 0 Å². The van der Waals surface area contributed by atoms with Crippen LogP contribution in [0.5, 0.6) is 0 Å². The van der Waals surface area contributed by atoms with Crippen molar-refractivity contribution in [1.82, 2.24) is 4.90 Å². The van der Waals surface area contributed by atoms with E-state index in [0.29, 0.717) is 17.7 Å². The Morgan fingerprint density at radius 3 is 2.62 bits per heavy atom. The fourth-order valence-electron chi connectivity index (χ4n) is 1.53. The number of likely N-dealkylation sites (N-methyl/N-ethyl adjacent to an activating group) is 1. The van der Waals surface area contributed by atoms with Crippen LogP contribution in [-0.2, 0) is 9.53 Å². The third-order valence-corrected chi connectivity index (χ3v) is 2.72. The van der Waals surface area contributed by atoms with Gasteiger partial charge in [-0.15, -0.1) is 0 Å². The predicted molar refractivity (Wildman–Crippen MR) is 49.7 cm³/mol.